The molecule has 3 nitrogen and oxygen atoms in total. The van der Waals surface area contributed by atoms with E-state index in [0.717, 1.165) is 61.0 Å². The number of hydrogen-bond donors (Lipinski definition) is 0. The van der Waals surface area contributed by atoms with Crippen molar-refractivity contribution in [3.05, 3.63) is 170 Å². The molecule has 1 aliphatic rings. The normalized spacial score (nSPS) is 11.9. The van der Waals surface area contributed by atoms with Crippen LogP contribution in [0.25, 0.3) is 111 Å². The Morgan fingerprint density at radius 1 is 0.353 bits per heavy atom. The van der Waals surface area contributed by atoms with Crippen LogP contribution in [0.4, 0.5) is 0 Å². The number of nitrogens with zero attached hydrogens (tertiary/aromatic N) is 2. The highest BCUT2D eigenvalue weighted by Crippen LogP contribution is 2.50. The molecule has 0 unspecified atom stereocenters. The number of aromatic nitrogens is 2. The van der Waals surface area contributed by atoms with Crippen LogP contribution in [-0.4, -0.2) is 9.97 Å². The summed E-state index contributed by atoms with van der Waals surface area (Å²) in [5.41, 5.74) is 14.0. The Hall–Kier alpha value is -6.84. The zero-order chi connectivity index (χ0) is 33.5. The Balaban J connectivity index is 1.10. The van der Waals surface area contributed by atoms with Crippen LogP contribution in [0.15, 0.2) is 174 Å². The van der Waals surface area contributed by atoms with E-state index < -0.39 is 0 Å². The third-order valence-electron chi connectivity index (χ3n) is 10.4. The van der Waals surface area contributed by atoms with Gasteiger partial charge in [0.2, 0.25) is 0 Å². The highest BCUT2D eigenvalue weighted by Gasteiger charge is 2.24. The van der Waals surface area contributed by atoms with Gasteiger partial charge < -0.3 is 4.42 Å². The quantitative estimate of drug-likeness (QED) is 0.191. The van der Waals surface area contributed by atoms with E-state index in [1.807, 2.05) is 6.07 Å². The first-order valence-electron chi connectivity index (χ1n) is 17.3. The van der Waals surface area contributed by atoms with Gasteiger partial charge in [-0.05, 0) is 80.6 Å². The Morgan fingerprint density at radius 2 is 0.980 bits per heavy atom. The second kappa shape index (κ2) is 10.8. The van der Waals surface area contributed by atoms with Crippen LogP contribution in [0, 0.1) is 0 Å². The summed E-state index contributed by atoms with van der Waals surface area (Å²) in [7, 11) is 0. The fourth-order valence-corrected chi connectivity index (χ4v) is 7.92. The van der Waals surface area contributed by atoms with Crippen LogP contribution >= 0.6 is 0 Å². The van der Waals surface area contributed by atoms with Crippen molar-refractivity contribution in [1.29, 1.82) is 0 Å². The maximum atomic E-state index is 6.64. The zero-order valence-corrected chi connectivity index (χ0v) is 27.5. The fraction of sp³-hybridized carbons (Fsp3) is 0. The third kappa shape index (κ3) is 4.38. The Morgan fingerprint density at radius 3 is 1.80 bits per heavy atom. The van der Waals surface area contributed by atoms with E-state index >= 15 is 0 Å². The van der Waals surface area contributed by atoms with Crippen LogP contribution in [0.3, 0.4) is 0 Å². The first-order valence-corrected chi connectivity index (χ1v) is 17.3. The van der Waals surface area contributed by atoms with Gasteiger partial charge in [-0.15, -0.1) is 0 Å². The summed E-state index contributed by atoms with van der Waals surface area (Å²) >= 11 is 0. The third-order valence-corrected chi connectivity index (χ3v) is 10.4. The second-order valence-corrected chi connectivity index (χ2v) is 13.4. The van der Waals surface area contributed by atoms with Crippen molar-refractivity contribution in [3.63, 3.8) is 0 Å². The lowest BCUT2D eigenvalue weighted by molar-refractivity contribution is 0.673. The van der Waals surface area contributed by atoms with Crippen molar-refractivity contribution >= 4 is 43.5 Å². The summed E-state index contributed by atoms with van der Waals surface area (Å²) in [5, 5.41) is 6.99. The van der Waals surface area contributed by atoms with E-state index in [-0.39, 0.29) is 0 Å². The monoisotopic (exact) mass is 648 g/mol. The minimum Gasteiger partial charge on any atom is -0.455 e. The van der Waals surface area contributed by atoms with Crippen molar-refractivity contribution < 1.29 is 4.42 Å². The summed E-state index contributed by atoms with van der Waals surface area (Å²) < 4.78 is 6.64. The molecule has 2 aromatic heterocycles. The van der Waals surface area contributed by atoms with Gasteiger partial charge in [0.1, 0.15) is 11.2 Å². The molecule has 1 aliphatic carbocycles. The number of rotatable bonds is 4. The molecular formula is C48H28N2O. The van der Waals surface area contributed by atoms with E-state index in [1.54, 1.807) is 0 Å². The second-order valence-electron chi connectivity index (χ2n) is 13.4. The minimum atomic E-state index is 0.690. The number of benzene rings is 8. The molecule has 0 atom stereocenters. The average molecular weight is 649 g/mol. The highest BCUT2D eigenvalue weighted by atomic mass is 16.3. The molecule has 0 radical (unpaired) electrons. The van der Waals surface area contributed by atoms with Crippen molar-refractivity contribution in [2.75, 3.05) is 0 Å². The molecule has 0 N–H and O–H groups in total. The number of fused-ring (bicyclic) bond motifs is 8. The molecule has 236 valence electrons. The van der Waals surface area contributed by atoms with Gasteiger partial charge in [0.15, 0.2) is 5.82 Å². The van der Waals surface area contributed by atoms with Gasteiger partial charge in [0, 0.05) is 38.2 Å². The largest absolute Gasteiger partial charge is 0.455 e. The lowest BCUT2D eigenvalue weighted by Crippen LogP contribution is -1.96. The summed E-state index contributed by atoms with van der Waals surface area (Å²) in [5.74, 6) is 0.690. The predicted molar refractivity (Wildman–Crippen MR) is 210 cm³/mol. The van der Waals surface area contributed by atoms with Gasteiger partial charge in [-0.2, -0.15) is 0 Å². The van der Waals surface area contributed by atoms with Gasteiger partial charge in [-0.3, -0.25) is 0 Å². The van der Waals surface area contributed by atoms with Crippen molar-refractivity contribution in [2.45, 2.75) is 0 Å². The molecule has 0 saturated heterocycles. The van der Waals surface area contributed by atoms with Gasteiger partial charge >= 0.3 is 0 Å². The highest BCUT2D eigenvalue weighted by molar-refractivity contribution is 6.26. The van der Waals surface area contributed by atoms with E-state index in [9.17, 15) is 0 Å². The maximum Gasteiger partial charge on any atom is 0.160 e. The van der Waals surface area contributed by atoms with E-state index in [2.05, 4.69) is 164 Å². The maximum absolute atomic E-state index is 6.64. The van der Waals surface area contributed by atoms with Crippen molar-refractivity contribution in [2.24, 2.45) is 0 Å². The molecule has 0 saturated carbocycles. The first-order chi connectivity index (χ1) is 25.2. The molecule has 0 bridgehead atoms. The molecule has 0 spiro atoms. The van der Waals surface area contributed by atoms with E-state index in [1.165, 1.54) is 44.0 Å². The van der Waals surface area contributed by atoms with Crippen LogP contribution in [0.2, 0.25) is 0 Å². The molecule has 8 aromatic carbocycles. The van der Waals surface area contributed by atoms with Gasteiger partial charge in [0.05, 0.1) is 11.4 Å². The Labute approximate surface area is 294 Å². The molecule has 10 aromatic rings. The molecule has 2 heterocycles. The number of hydrogen-bond acceptors (Lipinski definition) is 3. The summed E-state index contributed by atoms with van der Waals surface area (Å²) in [6.45, 7) is 0. The zero-order valence-electron chi connectivity index (χ0n) is 27.5. The summed E-state index contributed by atoms with van der Waals surface area (Å²) in [6, 6.07) is 60.1. The molecular weight excluding hydrogens is 621 g/mol. The predicted octanol–water partition coefficient (Wildman–Crippen LogP) is 13.0. The lowest BCUT2D eigenvalue weighted by atomic mass is 9.98. The van der Waals surface area contributed by atoms with Crippen LogP contribution < -0.4 is 0 Å². The SMILES string of the molecule is c1ccc(-c2ccc(-c3nc(-c4ccc5ccccc5c4)cc(-c4ccc5oc6c7cccc8c7c(cc6c5c4)-c4ccccc4-8)n3)cc2)cc1. The standard InChI is InChI=1S/C48H28N2O/c1-2-9-29(10-3-1)31-17-20-32(21-18-31)48-49-43(34-22-19-30-11-4-5-12-33(30)25-34)28-44(50-48)35-23-24-45-40(26-35)42-27-41-37-14-7-6-13-36(37)38-15-8-16-39(46(38)41)47(42)51-45/h1-28H. The Bertz CT molecular complexity index is 3010. The molecule has 0 aliphatic heterocycles. The molecule has 0 fully saturated rings. The van der Waals surface area contributed by atoms with Gasteiger partial charge in [0.25, 0.3) is 0 Å². The molecule has 11 rings (SSSR count). The first kappa shape index (κ1) is 28.0. The van der Waals surface area contributed by atoms with Gasteiger partial charge in [-0.1, -0.05) is 133 Å². The number of furan rings is 1. The van der Waals surface area contributed by atoms with Crippen molar-refractivity contribution in [3.8, 4) is 67.3 Å². The van der Waals surface area contributed by atoms with E-state index in [0.29, 0.717) is 5.82 Å². The molecule has 0 amide bonds. The fourth-order valence-electron chi connectivity index (χ4n) is 7.92. The minimum absolute atomic E-state index is 0.690. The van der Waals surface area contributed by atoms with Crippen molar-refractivity contribution in [1.82, 2.24) is 9.97 Å². The molecule has 3 heteroatoms. The van der Waals surface area contributed by atoms with Gasteiger partial charge in [-0.25, -0.2) is 9.97 Å². The van der Waals surface area contributed by atoms with Crippen LogP contribution in [0.1, 0.15) is 0 Å². The summed E-state index contributed by atoms with van der Waals surface area (Å²) in [4.78, 5) is 10.4. The smallest absolute Gasteiger partial charge is 0.160 e. The topological polar surface area (TPSA) is 38.9 Å². The van der Waals surface area contributed by atoms with E-state index in [4.69, 9.17) is 14.4 Å². The molecule has 51 heavy (non-hydrogen) atoms. The van der Waals surface area contributed by atoms with Crippen LogP contribution in [0.5, 0.6) is 0 Å². The lowest BCUT2D eigenvalue weighted by Gasteiger charge is -2.11. The summed E-state index contributed by atoms with van der Waals surface area (Å²) in [6.07, 6.45) is 0. The van der Waals surface area contributed by atoms with Crippen LogP contribution in [-0.2, 0) is 0 Å². The average Bonchev–Trinajstić information content (AvgIpc) is 3.74. The Kier molecular flexibility index (Phi) is 5.96.